The Balaban J connectivity index is 2.60. The molecule has 1 amide bonds. The van der Waals surface area contributed by atoms with Crippen LogP contribution in [0.3, 0.4) is 0 Å². The Morgan fingerprint density at radius 3 is 2.50 bits per heavy atom. The summed E-state index contributed by atoms with van der Waals surface area (Å²) in [5.74, 6) is -1.65. The standard InChI is InChI=1S/C11H10N2O3/c12-11(16)7-4-3-6(9(14)10(7)15)8-2-1-5-13-8/h1-5,13-15H,(H2,12,16). The van der Waals surface area contributed by atoms with E-state index in [0.29, 0.717) is 11.3 Å². The number of rotatable bonds is 2. The largest absolute Gasteiger partial charge is 0.504 e. The fraction of sp³-hybridized carbons (Fsp3) is 0. The first kappa shape index (κ1) is 10.1. The highest BCUT2D eigenvalue weighted by atomic mass is 16.3. The number of benzene rings is 1. The van der Waals surface area contributed by atoms with Crippen molar-refractivity contribution >= 4 is 5.91 Å². The molecule has 1 heterocycles. The summed E-state index contributed by atoms with van der Waals surface area (Å²) in [6.07, 6.45) is 1.69. The van der Waals surface area contributed by atoms with E-state index in [1.54, 1.807) is 18.3 Å². The van der Waals surface area contributed by atoms with Gasteiger partial charge in [0, 0.05) is 17.5 Å². The van der Waals surface area contributed by atoms with Crippen LogP contribution in [0.1, 0.15) is 10.4 Å². The van der Waals surface area contributed by atoms with Crippen molar-refractivity contribution in [1.82, 2.24) is 4.98 Å². The summed E-state index contributed by atoms with van der Waals surface area (Å²) in [4.78, 5) is 13.8. The van der Waals surface area contributed by atoms with Crippen LogP contribution in [0.25, 0.3) is 11.3 Å². The molecule has 1 aromatic carbocycles. The minimum absolute atomic E-state index is 0.104. The van der Waals surface area contributed by atoms with E-state index < -0.39 is 11.7 Å². The van der Waals surface area contributed by atoms with Gasteiger partial charge in [0.2, 0.25) is 0 Å². The Bertz CT molecular complexity index is 532. The second kappa shape index (κ2) is 3.62. The van der Waals surface area contributed by atoms with E-state index in [4.69, 9.17) is 5.73 Å². The van der Waals surface area contributed by atoms with Crippen molar-refractivity contribution in [2.45, 2.75) is 0 Å². The molecule has 0 spiro atoms. The fourth-order valence-corrected chi connectivity index (χ4v) is 1.49. The minimum atomic E-state index is -0.786. The topological polar surface area (TPSA) is 99.3 Å². The van der Waals surface area contributed by atoms with Gasteiger partial charge in [-0.2, -0.15) is 0 Å². The number of hydrogen-bond acceptors (Lipinski definition) is 3. The summed E-state index contributed by atoms with van der Waals surface area (Å²) in [5.41, 5.74) is 5.98. The lowest BCUT2D eigenvalue weighted by Crippen LogP contribution is -2.11. The third kappa shape index (κ3) is 1.48. The Morgan fingerprint density at radius 1 is 1.19 bits per heavy atom. The Labute approximate surface area is 91.2 Å². The van der Waals surface area contributed by atoms with Crippen LogP contribution in [0.5, 0.6) is 11.5 Å². The van der Waals surface area contributed by atoms with E-state index in [1.165, 1.54) is 12.1 Å². The predicted octanol–water partition coefficient (Wildman–Crippen LogP) is 1.19. The number of nitrogens with two attached hydrogens (primary N) is 1. The number of amides is 1. The summed E-state index contributed by atoms with van der Waals surface area (Å²) in [6.45, 7) is 0. The zero-order valence-electron chi connectivity index (χ0n) is 8.27. The SMILES string of the molecule is NC(=O)c1ccc(-c2ccc[nH]2)c(O)c1O. The quantitative estimate of drug-likeness (QED) is 0.569. The Kier molecular flexibility index (Phi) is 2.28. The average molecular weight is 218 g/mol. The lowest BCUT2D eigenvalue weighted by molar-refractivity contribution is 0.0997. The first-order chi connectivity index (χ1) is 7.61. The van der Waals surface area contributed by atoms with E-state index in [1.807, 2.05) is 0 Å². The normalized spacial score (nSPS) is 10.2. The molecule has 0 aliphatic heterocycles. The van der Waals surface area contributed by atoms with Gasteiger partial charge in [0.05, 0.1) is 5.56 Å². The average Bonchev–Trinajstić information content (AvgIpc) is 2.74. The number of aromatic amines is 1. The van der Waals surface area contributed by atoms with Gasteiger partial charge in [-0.1, -0.05) is 0 Å². The molecule has 2 rings (SSSR count). The van der Waals surface area contributed by atoms with Crippen molar-refractivity contribution in [3.8, 4) is 22.8 Å². The van der Waals surface area contributed by atoms with Gasteiger partial charge < -0.3 is 20.9 Å². The van der Waals surface area contributed by atoms with Crippen LogP contribution >= 0.6 is 0 Å². The predicted molar refractivity (Wildman–Crippen MR) is 58.1 cm³/mol. The Hall–Kier alpha value is -2.43. The van der Waals surface area contributed by atoms with Gasteiger partial charge in [0.25, 0.3) is 5.91 Å². The van der Waals surface area contributed by atoms with Gasteiger partial charge in [-0.3, -0.25) is 4.79 Å². The molecule has 0 fully saturated rings. The molecule has 0 saturated heterocycles. The zero-order chi connectivity index (χ0) is 11.7. The van der Waals surface area contributed by atoms with Gasteiger partial charge in [-0.25, -0.2) is 0 Å². The number of hydrogen-bond donors (Lipinski definition) is 4. The second-order valence-electron chi connectivity index (χ2n) is 3.31. The molecule has 5 N–H and O–H groups in total. The van der Waals surface area contributed by atoms with E-state index in [0.717, 1.165) is 0 Å². The van der Waals surface area contributed by atoms with Crippen LogP contribution in [0.15, 0.2) is 30.5 Å². The van der Waals surface area contributed by atoms with E-state index in [-0.39, 0.29) is 11.3 Å². The van der Waals surface area contributed by atoms with Crippen molar-refractivity contribution in [3.05, 3.63) is 36.0 Å². The van der Waals surface area contributed by atoms with Crippen molar-refractivity contribution in [1.29, 1.82) is 0 Å². The van der Waals surface area contributed by atoms with E-state index >= 15 is 0 Å². The second-order valence-corrected chi connectivity index (χ2v) is 3.31. The summed E-state index contributed by atoms with van der Waals surface area (Å²) < 4.78 is 0. The van der Waals surface area contributed by atoms with Gasteiger partial charge in [0.15, 0.2) is 11.5 Å². The van der Waals surface area contributed by atoms with E-state index in [2.05, 4.69) is 4.98 Å². The van der Waals surface area contributed by atoms with Crippen molar-refractivity contribution < 1.29 is 15.0 Å². The smallest absolute Gasteiger partial charge is 0.252 e. The van der Waals surface area contributed by atoms with Crippen LogP contribution in [-0.4, -0.2) is 21.1 Å². The van der Waals surface area contributed by atoms with Crippen LogP contribution in [-0.2, 0) is 0 Å². The number of aromatic nitrogens is 1. The highest BCUT2D eigenvalue weighted by molar-refractivity contribution is 5.97. The first-order valence-corrected chi connectivity index (χ1v) is 4.59. The van der Waals surface area contributed by atoms with Crippen LogP contribution in [0, 0.1) is 0 Å². The number of carbonyl (C=O) groups excluding carboxylic acids is 1. The molecule has 0 aliphatic carbocycles. The number of aromatic hydroxyl groups is 2. The summed E-state index contributed by atoms with van der Waals surface area (Å²) in [7, 11) is 0. The highest BCUT2D eigenvalue weighted by Crippen LogP contribution is 2.37. The van der Waals surface area contributed by atoms with Gasteiger partial charge >= 0.3 is 0 Å². The van der Waals surface area contributed by atoms with Gasteiger partial charge in [-0.05, 0) is 24.3 Å². The maximum Gasteiger partial charge on any atom is 0.252 e. The molecule has 0 saturated carbocycles. The van der Waals surface area contributed by atoms with Crippen LogP contribution in [0.4, 0.5) is 0 Å². The fourth-order valence-electron chi connectivity index (χ4n) is 1.49. The molecule has 0 radical (unpaired) electrons. The minimum Gasteiger partial charge on any atom is -0.504 e. The summed E-state index contributed by atoms with van der Waals surface area (Å²) >= 11 is 0. The summed E-state index contributed by atoms with van der Waals surface area (Å²) in [6, 6.07) is 6.38. The molecule has 1 aromatic heterocycles. The van der Waals surface area contributed by atoms with Gasteiger partial charge in [0.1, 0.15) is 0 Å². The van der Waals surface area contributed by atoms with Crippen molar-refractivity contribution in [3.63, 3.8) is 0 Å². The molecule has 0 unspecified atom stereocenters. The third-order valence-electron chi connectivity index (χ3n) is 2.30. The van der Waals surface area contributed by atoms with Crippen molar-refractivity contribution in [2.75, 3.05) is 0 Å². The Morgan fingerprint density at radius 2 is 1.94 bits per heavy atom. The third-order valence-corrected chi connectivity index (χ3v) is 2.30. The number of primary amides is 1. The molecule has 2 aromatic rings. The number of phenolic OH excluding ortho intramolecular Hbond substituents is 1. The van der Waals surface area contributed by atoms with Crippen LogP contribution in [0.2, 0.25) is 0 Å². The molecule has 5 nitrogen and oxygen atoms in total. The molecular formula is C11H10N2O3. The molecule has 82 valence electrons. The van der Waals surface area contributed by atoms with Gasteiger partial charge in [-0.15, -0.1) is 0 Å². The first-order valence-electron chi connectivity index (χ1n) is 4.59. The molecule has 16 heavy (non-hydrogen) atoms. The lowest BCUT2D eigenvalue weighted by Gasteiger charge is -2.07. The molecule has 5 heteroatoms. The number of phenols is 2. The monoisotopic (exact) mass is 218 g/mol. The van der Waals surface area contributed by atoms with Crippen molar-refractivity contribution in [2.24, 2.45) is 5.73 Å². The zero-order valence-corrected chi connectivity index (χ0v) is 8.27. The maximum absolute atomic E-state index is 10.9. The highest BCUT2D eigenvalue weighted by Gasteiger charge is 2.16. The molecule has 0 atom stereocenters. The molecular weight excluding hydrogens is 208 g/mol. The summed E-state index contributed by atoms with van der Waals surface area (Å²) in [5, 5.41) is 19.3. The van der Waals surface area contributed by atoms with E-state index in [9.17, 15) is 15.0 Å². The number of H-pyrrole nitrogens is 1. The maximum atomic E-state index is 10.9. The van der Waals surface area contributed by atoms with Crippen LogP contribution < -0.4 is 5.73 Å². The molecule has 0 aliphatic rings. The number of nitrogens with one attached hydrogen (secondary N) is 1. The number of carbonyl (C=O) groups is 1. The molecule has 0 bridgehead atoms. The lowest BCUT2D eigenvalue weighted by atomic mass is 10.1.